The zero-order valence-electron chi connectivity index (χ0n) is 7.38. The van der Waals surface area contributed by atoms with Crippen LogP contribution in [-0.2, 0) is 9.59 Å². The van der Waals surface area contributed by atoms with Gasteiger partial charge in [0.25, 0.3) is 0 Å². The topological polar surface area (TPSA) is 58.9 Å². The number of halogens is 4. The summed E-state index contributed by atoms with van der Waals surface area (Å²) in [6, 6.07) is -0.722. The van der Waals surface area contributed by atoms with Crippen LogP contribution in [0.1, 0.15) is 0 Å². The third kappa shape index (κ3) is 2.53. The fourth-order valence-corrected chi connectivity index (χ4v) is 3.75. The number of isocyanates is 2. The lowest BCUT2D eigenvalue weighted by molar-refractivity contribution is 0.544. The van der Waals surface area contributed by atoms with Crippen LogP contribution in [0.5, 0.6) is 0 Å². The van der Waals surface area contributed by atoms with Gasteiger partial charge in [-0.3, -0.25) is 0 Å². The van der Waals surface area contributed by atoms with E-state index < -0.39 is 10.5 Å². The summed E-state index contributed by atoms with van der Waals surface area (Å²) in [5.74, 6) is 0. The lowest BCUT2D eigenvalue weighted by atomic mass is 10.0. The molecule has 4 nitrogen and oxygen atoms in total. The minimum Gasteiger partial charge on any atom is -0.211 e. The van der Waals surface area contributed by atoms with Gasteiger partial charge in [-0.2, -0.15) is 9.98 Å². The second-order valence-corrected chi connectivity index (χ2v) is 6.46. The Kier molecular flexibility index (Phi) is 5.04. The number of alkyl halides is 1. The predicted molar refractivity (Wildman–Crippen MR) is 73.6 cm³/mol. The van der Waals surface area contributed by atoms with Gasteiger partial charge >= 0.3 is 0 Å². The molecule has 0 aromatic carbocycles. The lowest BCUT2D eigenvalue weighted by Gasteiger charge is -2.30. The zero-order chi connectivity index (χ0) is 12.3. The van der Waals surface area contributed by atoms with Crippen LogP contribution in [0.2, 0.25) is 0 Å². The van der Waals surface area contributed by atoms with Gasteiger partial charge in [-0.05, 0) is 37.9 Å². The molecule has 0 saturated heterocycles. The highest BCUT2D eigenvalue weighted by atomic mass is 79.9. The molecule has 0 bridgehead atoms. The summed E-state index contributed by atoms with van der Waals surface area (Å²) >= 11 is 13.1. The van der Waals surface area contributed by atoms with E-state index in [1.54, 1.807) is 6.08 Å². The van der Waals surface area contributed by atoms with Crippen molar-refractivity contribution < 1.29 is 9.59 Å². The predicted octanol–water partition coefficient (Wildman–Crippen LogP) is 3.41. The lowest BCUT2D eigenvalue weighted by Crippen LogP contribution is -2.36. The molecule has 2 atom stereocenters. The Bertz CT molecular complexity index is 474. The van der Waals surface area contributed by atoms with Crippen LogP contribution >= 0.6 is 63.7 Å². The SMILES string of the molecule is O=C=NC1C(Br)=C(Br)C=C(Br)C1(Br)N=C=O. The minimum atomic E-state index is -1.16. The first-order chi connectivity index (χ1) is 7.47. The van der Waals surface area contributed by atoms with Gasteiger partial charge in [0.05, 0.1) is 0 Å². The molecule has 0 heterocycles. The van der Waals surface area contributed by atoms with E-state index in [1.165, 1.54) is 12.2 Å². The van der Waals surface area contributed by atoms with Crippen LogP contribution < -0.4 is 0 Å². The minimum absolute atomic E-state index is 0.544. The maximum absolute atomic E-state index is 10.4. The molecule has 0 saturated carbocycles. The van der Waals surface area contributed by atoms with Gasteiger partial charge in [0, 0.05) is 13.4 Å². The van der Waals surface area contributed by atoms with E-state index in [1.807, 2.05) is 0 Å². The Morgan fingerprint density at radius 1 is 1.25 bits per heavy atom. The number of carbonyl (C=O) groups excluding carboxylic acids is 2. The molecule has 84 valence electrons. The molecule has 0 radical (unpaired) electrons. The van der Waals surface area contributed by atoms with E-state index in [0.717, 1.165) is 0 Å². The van der Waals surface area contributed by atoms with E-state index in [4.69, 9.17) is 0 Å². The smallest absolute Gasteiger partial charge is 0.211 e. The molecule has 1 aliphatic carbocycles. The Morgan fingerprint density at radius 2 is 1.88 bits per heavy atom. The maximum atomic E-state index is 10.4. The molecule has 8 heteroatoms. The Hall–Kier alpha value is 0.160. The summed E-state index contributed by atoms with van der Waals surface area (Å²) in [6.07, 6.45) is 4.58. The number of aliphatic imine (C=N–C) groups is 2. The van der Waals surface area contributed by atoms with Gasteiger partial charge in [-0.15, -0.1) is 0 Å². The summed E-state index contributed by atoms with van der Waals surface area (Å²) in [5, 5.41) is 0. The maximum Gasteiger partial charge on any atom is 0.236 e. The summed E-state index contributed by atoms with van der Waals surface area (Å²) < 4.78 is 0.652. The Balaban J connectivity index is 3.44. The van der Waals surface area contributed by atoms with Crippen molar-refractivity contribution in [2.75, 3.05) is 0 Å². The average Bonchev–Trinajstić information content (AvgIpc) is 2.23. The van der Waals surface area contributed by atoms with Gasteiger partial charge in [0.1, 0.15) is 6.04 Å². The molecule has 2 unspecified atom stereocenters. The van der Waals surface area contributed by atoms with Gasteiger partial charge in [-0.25, -0.2) is 9.59 Å². The Morgan fingerprint density at radius 3 is 2.38 bits per heavy atom. The largest absolute Gasteiger partial charge is 0.236 e. The molecule has 0 aliphatic heterocycles. The van der Waals surface area contributed by atoms with Crippen LogP contribution in [0.15, 0.2) is 29.5 Å². The average molecular weight is 478 g/mol. The monoisotopic (exact) mass is 474 g/mol. The molecule has 0 N–H and O–H groups in total. The first kappa shape index (κ1) is 14.2. The van der Waals surface area contributed by atoms with Crippen LogP contribution in [0.25, 0.3) is 0 Å². The van der Waals surface area contributed by atoms with Crippen LogP contribution in [0, 0.1) is 0 Å². The van der Waals surface area contributed by atoms with Crippen molar-refractivity contribution in [2.45, 2.75) is 10.5 Å². The second-order valence-electron chi connectivity index (χ2n) is 2.69. The fourth-order valence-electron chi connectivity index (χ4n) is 1.09. The number of hydrogen-bond acceptors (Lipinski definition) is 4. The van der Waals surface area contributed by atoms with Crippen molar-refractivity contribution in [3.63, 3.8) is 0 Å². The third-order valence-electron chi connectivity index (χ3n) is 1.81. The van der Waals surface area contributed by atoms with Crippen molar-refractivity contribution in [3.8, 4) is 0 Å². The molecule has 0 fully saturated rings. The summed E-state index contributed by atoms with van der Waals surface area (Å²) in [5.41, 5.74) is 0. The molecule has 16 heavy (non-hydrogen) atoms. The van der Waals surface area contributed by atoms with E-state index in [0.29, 0.717) is 13.4 Å². The van der Waals surface area contributed by atoms with Gasteiger partial charge < -0.3 is 0 Å². The van der Waals surface area contributed by atoms with Crippen molar-refractivity contribution in [1.82, 2.24) is 0 Å². The standard InChI is InChI=1S/C8H2Br4N2O2/c9-4-1-5(10)8(12,14-3-16)7(6(4)11)13-2-15/h1,7H. The summed E-state index contributed by atoms with van der Waals surface area (Å²) in [4.78, 5) is 28.0. The molecule has 0 spiro atoms. The van der Waals surface area contributed by atoms with Crippen LogP contribution in [0.3, 0.4) is 0 Å². The first-order valence-corrected chi connectivity index (χ1v) is 6.92. The molecule has 1 aliphatic rings. The highest BCUT2D eigenvalue weighted by molar-refractivity contribution is 9.15. The van der Waals surface area contributed by atoms with Crippen molar-refractivity contribution in [3.05, 3.63) is 19.5 Å². The number of hydrogen-bond donors (Lipinski definition) is 0. The van der Waals surface area contributed by atoms with Crippen molar-refractivity contribution in [1.29, 1.82) is 0 Å². The second kappa shape index (κ2) is 5.67. The first-order valence-electron chi connectivity index (χ1n) is 3.75. The highest BCUT2D eigenvalue weighted by Crippen LogP contribution is 2.47. The molecule has 0 aromatic rings. The highest BCUT2D eigenvalue weighted by Gasteiger charge is 2.44. The van der Waals surface area contributed by atoms with E-state index in [2.05, 4.69) is 73.7 Å². The quantitative estimate of drug-likeness (QED) is 0.265. The molecule has 0 aromatic heterocycles. The third-order valence-corrected chi connectivity index (χ3v) is 6.26. The Labute approximate surface area is 124 Å². The molecular formula is C8H2Br4N2O2. The summed E-state index contributed by atoms with van der Waals surface area (Å²) in [6.45, 7) is 0. The number of allylic oxidation sites excluding steroid dienone is 2. The number of rotatable bonds is 2. The van der Waals surface area contributed by atoms with Gasteiger partial charge in [0.15, 0.2) is 4.45 Å². The van der Waals surface area contributed by atoms with E-state index in [-0.39, 0.29) is 0 Å². The van der Waals surface area contributed by atoms with E-state index >= 15 is 0 Å². The molecule has 0 amide bonds. The van der Waals surface area contributed by atoms with Gasteiger partial charge in [-0.1, -0.05) is 31.9 Å². The number of nitrogens with zero attached hydrogens (tertiary/aromatic N) is 2. The zero-order valence-corrected chi connectivity index (χ0v) is 13.7. The van der Waals surface area contributed by atoms with Crippen LogP contribution in [0.4, 0.5) is 0 Å². The molecular weight excluding hydrogens is 476 g/mol. The van der Waals surface area contributed by atoms with Gasteiger partial charge in [0.2, 0.25) is 12.2 Å². The summed E-state index contributed by atoms with van der Waals surface area (Å²) in [7, 11) is 0. The fraction of sp³-hybridized carbons (Fsp3) is 0.250. The van der Waals surface area contributed by atoms with Crippen molar-refractivity contribution in [2.24, 2.45) is 9.98 Å². The van der Waals surface area contributed by atoms with Crippen molar-refractivity contribution >= 4 is 75.9 Å². The molecule has 1 rings (SSSR count). The normalized spacial score (nSPS) is 29.0. The van der Waals surface area contributed by atoms with E-state index in [9.17, 15) is 9.59 Å². The van der Waals surface area contributed by atoms with Crippen LogP contribution in [-0.4, -0.2) is 22.6 Å².